The third-order valence-corrected chi connectivity index (χ3v) is 3.84. The molecule has 1 amide bonds. The van der Waals surface area contributed by atoms with Gasteiger partial charge in [0.05, 0.1) is 23.9 Å². The van der Waals surface area contributed by atoms with Crippen LogP contribution in [0.1, 0.15) is 24.9 Å². The van der Waals surface area contributed by atoms with Gasteiger partial charge < -0.3 is 20.7 Å². The van der Waals surface area contributed by atoms with E-state index in [9.17, 15) is 4.79 Å². The summed E-state index contributed by atoms with van der Waals surface area (Å²) in [5.74, 6) is 0. The van der Waals surface area contributed by atoms with Crippen molar-refractivity contribution < 1.29 is 9.53 Å². The van der Waals surface area contributed by atoms with Crippen LogP contribution in [0.5, 0.6) is 0 Å². The van der Waals surface area contributed by atoms with Gasteiger partial charge in [-0.05, 0) is 31.0 Å². The molecule has 6 heteroatoms. The number of hydrogen-bond donors (Lipinski definition) is 2. The summed E-state index contributed by atoms with van der Waals surface area (Å²) in [5.41, 5.74) is 7.84. The second kappa shape index (κ2) is 6.33. The number of nitrogens with zero attached hydrogens (tertiary/aromatic N) is 1. The van der Waals surface area contributed by atoms with Gasteiger partial charge in [-0.1, -0.05) is 17.7 Å². The Balaban J connectivity index is 2.04. The number of methoxy groups -OCH3 is 1. The number of nitrogens with two attached hydrogens (primary N) is 1. The molecule has 1 aliphatic rings. The first-order valence-electron chi connectivity index (χ1n) is 6.65. The summed E-state index contributed by atoms with van der Waals surface area (Å²) in [6.45, 7) is 3.51. The fourth-order valence-corrected chi connectivity index (χ4v) is 2.69. The zero-order chi connectivity index (χ0) is 14.7. The van der Waals surface area contributed by atoms with Crippen LogP contribution >= 0.6 is 11.6 Å². The average Bonchev–Trinajstić information content (AvgIpc) is 2.86. The molecule has 0 bridgehead atoms. The summed E-state index contributed by atoms with van der Waals surface area (Å²) in [7, 11) is 1.37. The predicted octanol–water partition coefficient (Wildman–Crippen LogP) is 2.29. The van der Waals surface area contributed by atoms with Gasteiger partial charge in [0.2, 0.25) is 0 Å². The number of ether oxygens (including phenoxy) is 1. The Kier molecular flexibility index (Phi) is 4.73. The Morgan fingerprint density at radius 1 is 1.60 bits per heavy atom. The molecular formula is C14H20ClN3O2. The molecule has 1 aliphatic heterocycles. The normalized spacial score (nSPS) is 19.8. The molecule has 1 saturated heterocycles. The number of anilines is 1. The number of carbonyl (C=O) groups excluding carboxylic acids is 1. The highest BCUT2D eigenvalue weighted by atomic mass is 35.5. The Hall–Kier alpha value is -1.46. The molecule has 0 aromatic heterocycles. The second-order valence-electron chi connectivity index (χ2n) is 5.07. The lowest BCUT2D eigenvalue weighted by Gasteiger charge is -2.21. The zero-order valence-corrected chi connectivity index (χ0v) is 12.5. The molecule has 0 aliphatic carbocycles. The summed E-state index contributed by atoms with van der Waals surface area (Å²) in [5, 5.41) is 3.50. The Labute approximate surface area is 124 Å². The van der Waals surface area contributed by atoms with E-state index < -0.39 is 6.09 Å². The maximum atomic E-state index is 11.2. The topological polar surface area (TPSA) is 67.6 Å². The van der Waals surface area contributed by atoms with Crippen molar-refractivity contribution in [2.24, 2.45) is 5.73 Å². The zero-order valence-electron chi connectivity index (χ0n) is 11.7. The van der Waals surface area contributed by atoms with Gasteiger partial charge >= 0.3 is 6.09 Å². The van der Waals surface area contributed by atoms with Crippen LogP contribution in [0.15, 0.2) is 18.2 Å². The summed E-state index contributed by atoms with van der Waals surface area (Å²) in [6, 6.07) is 5.94. The minimum Gasteiger partial charge on any atom is -0.453 e. The van der Waals surface area contributed by atoms with Crippen LogP contribution in [-0.4, -0.2) is 32.3 Å². The molecule has 3 N–H and O–H groups in total. The second-order valence-corrected chi connectivity index (χ2v) is 5.47. The van der Waals surface area contributed by atoms with Crippen LogP contribution in [0.4, 0.5) is 10.5 Å². The largest absolute Gasteiger partial charge is 0.453 e. The van der Waals surface area contributed by atoms with Crippen molar-refractivity contribution in [3.05, 3.63) is 28.8 Å². The van der Waals surface area contributed by atoms with E-state index in [-0.39, 0.29) is 12.1 Å². The van der Waals surface area contributed by atoms with Gasteiger partial charge in [-0.3, -0.25) is 0 Å². The van der Waals surface area contributed by atoms with Gasteiger partial charge in [0.1, 0.15) is 0 Å². The summed E-state index contributed by atoms with van der Waals surface area (Å²) in [6.07, 6.45) is 0.482. The first-order valence-corrected chi connectivity index (χ1v) is 7.03. The van der Waals surface area contributed by atoms with Crippen molar-refractivity contribution in [3.63, 3.8) is 0 Å². The SMILES string of the molecule is COC(=O)NC1CCN(c2ccc([C@@H](C)N)cc2Cl)C1. The van der Waals surface area contributed by atoms with E-state index in [1.54, 1.807) is 0 Å². The molecule has 2 atom stereocenters. The van der Waals surface area contributed by atoms with E-state index in [1.807, 2.05) is 25.1 Å². The minimum atomic E-state index is -0.393. The number of amides is 1. The summed E-state index contributed by atoms with van der Waals surface area (Å²) in [4.78, 5) is 13.4. The van der Waals surface area contributed by atoms with E-state index in [0.717, 1.165) is 30.8 Å². The fourth-order valence-electron chi connectivity index (χ4n) is 2.39. The number of carbonyl (C=O) groups is 1. The van der Waals surface area contributed by atoms with Gasteiger partial charge in [-0.15, -0.1) is 0 Å². The number of rotatable bonds is 3. The number of hydrogen-bond acceptors (Lipinski definition) is 4. The van der Waals surface area contributed by atoms with Crippen LogP contribution in [-0.2, 0) is 4.74 Å². The molecule has 1 unspecified atom stereocenters. The van der Waals surface area contributed by atoms with Crippen LogP contribution in [0.2, 0.25) is 5.02 Å². The van der Waals surface area contributed by atoms with Crippen molar-refractivity contribution in [3.8, 4) is 0 Å². The van der Waals surface area contributed by atoms with E-state index in [4.69, 9.17) is 17.3 Å². The van der Waals surface area contributed by atoms with Gasteiger partial charge in [0.25, 0.3) is 0 Å². The Morgan fingerprint density at radius 2 is 2.35 bits per heavy atom. The van der Waals surface area contributed by atoms with E-state index in [0.29, 0.717) is 5.02 Å². The molecule has 110 valence electrons. The van der Waals surface area contributed by atoms with Gasteiger partial charge in [0.15, 0.2) is 0 Å². The number of nitrogens with one attached hydrogen (secondary N) is 1. The quantitative estimate of drug-likeness (QED) is 0.898. The molecule has 20 heavy (non-hydrogen) atoms. The maximum absolute atomic E-state index is 11.2. The monoisotopic (exact) mass is 297 g/mol. The van der Waals surface area contributed by atoms with Crippen molar-refractivity contribution in [2.75, 3.05) is 25.1 Å². The maximum Gasteiger partial charge on any atom is 0.407 e. The lowest BCUT2D eigenvalue weighted by Crippen LogP contribution is -2.37. The number of halogens is 1. The van der Waals surface area contributed by atoms with Crippen LogP contribution in [0, 0.1) is 0 Å². The van der Waals surface area contributed by atoms with Gasteiger partial charge in [-0.2, -0.15) is 0 Å². The molecule has 1 aromatic rings. The first kappa shape index (κ1) is 14.9. The van der Waals surface area contributed by atoms with Crippen LogP contribution in [0.25, 0.3) is 0 Å². The molecule has 0 saturated carbocycles. The highest BCUT2D eigenvalue weighted by Gasteiger charge is 2.25. The van der Waals surface area contributed by atoms with Crippen LogP contribution < -0.4 is 16.0 Å². The predicted molar refractivity (Wildman–Crippen MR) is 80.2 cm³/mol. The van der Waals surface area contributed by atoms with E-state index >= 15 is 0 Å². The van der Waals surface area contributed by atoms with Crippen LogP contribution in [0.3, 0.4) is 0 Å². The number of alkyl carbamates (subject to hydrolysis) is 1. The molecule has 0 spiro atoms. The molecule has 1 fully saturated rings. The van der Waals surface area contributed by atoms with Crippen molar-refractivity contribution >= 4 is 23.4 Å². The van der Waals surface area contributed by atoms with Crippen molar-refractivity contribution in [1.29, 1.82) is 0 Å². The summed E-state index contributed by atoms with van der Waals surface area (Å²) >= 11 is 6.32. The number of benzene rings is 1. The van der Waals surface area contributed by atoms with E-state index in [2.05, 4.69) is 15.0 Å². The third kappa shape index (κ3) is 3.35. The molecule has 2 rings (SSSR count). The first-order chi connectivity index (χ1) is 9.51. The van der Waals surface area contributed by atoms with Crippen molar-refractivity contribution in [2.45, 2.75) is 25.4 Å². The highest BCUT2D eigenvalue weighted by Crippen LogP contribution is 2.30. The average molecular weight is 298 g/mol. The van der Waals surface area contributed by atoms with Crippen molar-refractivity contribution in [1.82, 2.24) is 5.32 Å². The molecule has 1 heterocycles. The third-order valence-electron chi connectivity index (χ3n) is 3.53. The molecule has 1 aromatic carbocycles. The minimum absolute atomic E-state index is 0.0335. The summed E-state index contributed by atoms with van der Waals surface area (Å²) < 4.78 is 4.61. The lowest BCUT2D eigenvalue weighted by molar-refractivity contribution is 0.167. The highest BCUT2D eigenvalue weighted by molar-refractivity contribution is 6.33. The smallest absolute Gasteiger partial charge is 0.407 e. The van der Waals surface area contributed by atoms with E-state index in [1.165, 1.54) is 7.11 Å². The Morgan fingerprint density at radius 3 is 2.95 bits per heavy atom. The molecular weight excluding hydrogens is 278 g/mol. The molecule has 0 radical (unpaired) electrons. The fraction of sp³-hybridized carbons (Fsp3) is 0.500. The van der Waals surface area contributed by atoms with Gasteiger partial charge in [-0.25, -0.2) is 4.79 Å². The van der Waals surface area contributed by atoms with Gasteiger partial charge in [0, 0.05) is 19.1 Å². The lowest BCUT2D eigenvalue weighted by atomic mass is 10.1. The molecule has 5 nitrogen and oxygen atoms in total. The Bertz CT molecular complexity index is 493. The standard InChI is InChI=1S/C14H20ClN3O2/c1-9(16)10-3-4-13(12(15)7-10)18-6-5-11(8-18)17-14(19)20-2/h3-4,7,9,11H,5-6,8,16H2,1-2H3,(H,17,19)/t9-,11?/m1/s1.